The smallest absolute Gasteiger partial charge is 0.123 e. The Morgan fingerprint density at radius 3 is 2.85 bits per heavy atom. The molecule has 0 spiro atoms. The zero-order chi connectivity index (χ0) is 13.9. The number of nitrogens with zero attached hydrogens (tertiary/aromatic N) is 3. The fourth-order valence-corrected chi connectivity index (χ4v) is 2.07. The highest BCUT2D eigenvalue weighted by atomic mass is 19.1. The molecule has 1 aromatic carbocycles. The van der Waals surface area contributed by atoms with Crippen LogP contribution < -0.4 is 5.73 Å². The van der Waals surface area contributed by atoms with Crippen LogP contribution in [0.2, 0.25) is 0 Å². The van der Waals surface area contributed by atoms with Gasteiger partial charge in [0.05, 0.1) is 12.2 Å². The second kappa shape index (κ2) is 5.13. The highest BCUT2D eigenvalue weighted by Crippen LogP contribution is 2.23. The first kappa shape index (κ1) is 12.3. The molecule has 100 valence electrons. The van der Waals surface area contributed by atoms with E-state index in [0.717, 1.165) is 11.1 Å². The van der Waals surface area contributed by atoms with Gasteiger partial charge in [-0.15, -0.1) is 0 Å². The molecule has 20 heavy (non-hydrogen) atoms. The normalized spacial score (nSPS) is 10.7. The number of nitrogens with two attached hydrogens (primary N) is 1. The Hall–Kier alpha value is -2.69. The van der Waals surface area contributed by atoms with Gasteiger partial charge >= 0.3 is 0 Å². The molecule has 0 atom stereocenters. The van der Waals surface area contributed by atoms with Crippen molar-refractivity contribution in [2.24, 2.45) is 0 Å². The number of nitrogen functional groups attached to an aromatic ring is 1. The van der Waals surface area contributed by atoms with E-state index in [9.17, 15) is 4.39 Å². The van der Waals surface area contributed by atoms with Crippen molar-refractivity contribution in [1.82, 2.24) is 14.8 Å². The fraction of sp³-hybridized carbons (Fsp3) is 0.0667. The minimum absolute atomic E-state index is 0.255. The van der Waals surface area contributed by atoms with Gasteiger partial charge in [0.25, 0.3) is 0 Å². The van der Waals surface area contributed by atoms with E-state index in [4.69, 9.17) is 5.73 Å². The summed E-state index contributed by atoms with van der Waals surface area (Å²) in [6, 6.07) is 10.2. The van der Waals surface area contributed by atoms with E-state index in [2.05, 4.69) is 10.1 Å². The molecule has 0 aliphatic carbocycles. The summed E-state index contributed by atoms with van der Waals surface area (Å²) < 4.78 is 14.9. The second-order valence-corrected chi connectivity index (χ2v) is 4.50. The van der Waals surface area contributed by atoms with E-state index in [0.29, 0.717) is 17.9 Å². The van der Waals surface area contributed by atoms with Gasteiger partial charge in [-0.05, 0) is 29.8 Å². The molecule has 0 aliphatic rings. The topological polar surface area (TPSA) is 56.7 Å². The van der Waals surface area contributed by atoms with Gasteiger partial charge < -0.3 is 5.73 Å². The monoisotopic (exact) mass is 268 g/mol. The average molecular weight is 268 g/mol. The summed E-state index contributed by atoms with van der Waals surface area (Å²) in [6.07, 6.45) is 5.15. The Morgan fingerprint density at radius 2 is 2.10 bits per heavy atom. The zero-order valence-corrected chi connectivity index (χ0v) is 10.7. The van der Waals surface area contributed by atoms with Gasteiger partial charge in [0, 0.05) is 24.2 Å². The Morgan fingerprint density at radius 1 is 1.20 bits per heavy atom. The molecule has 0 amide bonds. The molecular weight excluding hydrogens is 255 g/mol. The van der Waals surface area contributed by atoms with E-state index in [1.807, 2.05) is 18.2 Å². The third kappa shape index (κ3) is 2.51. The van der Waals surface area contributed by atoms with Crippen LogP contribution in [-0.2, 0) is 6.54 Å². The molecule has 0 saturated heterocycles. The van der Waals surface area contributed by atoms with E-state index in [1.54, 1.807) is 29.3 Å². The number of hydrogen-bond acceptors (Lipinski definition) is 3. The molecule has 0 aliphatic heterocycles. The Bertz CT molecular complexity index is 722. The first-order valence-corrected chi connectivity index (χ1v) is 6.20. The van der Waals surface area contributed by atoms with Gasteiger partial charge in [-0.3, -0.25) is 9.67 Å². The van der Waals surface area contributed by atoms with Crippen molar-refractivity contribution in [2.45, 2.75) is 6.54 Å². The van der Waals surface area contributed by atoms with E-state index in [-0.39, 0.29) is 5.82 Å². The molecule has 2 aromatic heterocycles. The van der Waals surface area contributed by atoms with Crippen LogP contribution in [0.4, 0.5) is 10.1 Å². The summed E-state index contributed by atoms with van der Waals surface area (Å²) in [6.45, 7) is 0.474. The summed E-state index contributed by atoms with van der Waals surface area (Å²) in [5.74, 6) is -0.255. The zero-order valence-electron chi connectivity index (χ0n) is 10.7. The molecule has 0 saturated carbocycles. The Balaban J connectivity index is 1.90. The minimum atomic E-state index is -0.255. The number of hydrogen-bond donors (Lipinski definition) is 1. The number of rotatable bonds is 3. The molecule has 0 radical (unpaired) electrons. The van der Waals surface area contributed by atoms with E-state index < -0.39 is 0 Å². The van der Waals surface area contributed by atoms with Crippen molar-refractivity contribution in [3.8, 4) is 11.3 Å². The number of pyridine rings is 1. The lowest BCUT2D eigenvalue weighted by Crippen LogP contribution is -2.00. The summed E-state index contributed by atoms with van der Waals surface area (Å²) in [4.78, 5) is 4.05. The fourth-order valence-electron chi connectivity index (χ4n) is 2.07. The van der Waals surface area contributed by atoms with Crippen LogP contribution in [-0.4, -0.2) is 14.8 Å². The van der Waals surface area contributed by atoms with Crippen LogP contribution in [0.15, 0.2) is 55.0 Å². The van der Waals surface area contributed by atoms with Crippen molar-refractivity contribution in [2.75, 3.05) is 5.73 Å². The average Bonchev–Trinajstić information content (AvgIpc) is 2.80. The van der Waals surface area contributed by atoms with Crippen molar-refractivity contribution in [3.05, 3.63) is 66.4 Å². The SMILES string of the molecule is Nc1cn(Cc2cccc(F)c2)nc1-c1cccnc1. The number of aromatic nitrogens is 3. The molecular formula is C15H13FN4. The van der Waals surface area contributed by atoms with Crippen LogP contribution in [0, 0.1) is 5.82 Å². The summed E-state index contributed by atoms with van der Waals surface area (Å²) in [5.41, 5.74) is 8.94. The summed E-state index contributed by atoms with van der Waals surface area (Å²) in [7, 11) is 0. The molecule has 2 heterocycles. The van der Waals surface area contributed by atoms with Gasteiger partial charge in [-0.1, -0.05) is 12.1 Å². The lowest BCUT2D eigenvalue weighted by molar-refractivity contribution is 0.619. The van der Waals surface area contributed by atoms with Crippen molar-refractivity contribution < 1.29 is 4.39 Å². The molecule has 0 unspecified atom stereocenters. The standard InChI is InChI=1S/C15H13FN4/c16-13-5-1-3-11(7-13)9-20-10-14(17)15(19-20)12-4-2-6-18-8-12/h1-8,10H,9,17H2. The van der Waals surface area contributed by atoms with Crippen LogP contribution in [0.3, 0.4) is 0 Å². The van der Waals surface area contributed by atoms with Crippen LogP contribution in [0.5, 0.6) is 0 Å². The predicted octanol–water partition coefficient (Wildman–Crippen LogP) is 2.71. The quantitative estimate of drug-likeness (QED) is 0.794. The van der Waals surface area contributed by atoms with Crippen LogP contribution in [0.1, 0.15) is 5.56 Å². The molecule has 0 fully saturated rings. The lowest BCUT2D eigenvalue weighted by Gasteiger charge is -2.01. The minimum Gasteiger partial charge on any atom is -0.396 e. The van der Waals surface area contributed by atoms with E-state index >= 15 is 0 Å². The summed E-state index contributed by atoms with van der Waals surface area (Å²) >= 11 is 0. The van der Waals surface area contributed by atoms with Gasteiger partial charge in [0.2, 0.25) is 0 Å². The van der Waals surface area contributed by atoms with Crippen LogP contribution in [0.25, 0.3) is 11.3 Å². The molecule has 3 aromatic rings. The van der Waals surface area contributed by atoms with Crippen molar-refractivity contribution in [3.63, 3.8) is 0 Å². The van der Waals surface area contributed by atoms with Crippen molar-refractivity contribution >= 4 is 5.69 Å². The maximum absolute atomic E-state index is 13.2. The molecule has 4 nitrogen and oxygen atoms in total. The van der Waals surface area contributed by atoms with Gasteiger partial charge in [0.1, 0.15) is 11.5 Å². The second-order valence-electron chi connectivity index (χ2n) is 4.50. The Kier molecular flexibility index (Phi) is 3.16. The van der Waals surface area contributed by atoms with Crippen molar-refractivity contribution in [1.29, 1.82) is 0 Å². The van der Waals surface area contributed by atoms with Gasteiger partial charge in [-0.2, -0.15) is 5.10 Å². The maximum Gasteiger partial charge on any atom is 0.123 e. The predicted molar refractivity (Wildman–Crippen MR) is 75.4 cm³/mol. The highest BCUT2D eigenvalue weighted by molar-refractivity contribution is 5.71. The van der Waals surface area contributed by atoms with Crippen LogP contribution >= 0.6 is 0 Å². The lowest BCUT2D eigenvalue weighted by atomic mass is 10.2. The Labute approximate surface area is 115 Å². The molecule has 3 rings (SSSR count). The number of benzene rings is 1. The third-order valence-corrected chi connectivity index (χ3v) is 2.96. The van der Waals surface area contributed by atoms with E-state index in [1.165, 1.54) is 12.1 Å². The molecule has 0 bridgehead atoms. The molecule has 5 heteroatoms. The largest absolute Gasteiger partial charge is 0.396 e. The first-order valence-electron chi connectivity index (χ1n) is 6.20. The van der Waals surface area contributed by atoms with Gasteiger partial charge in [-0.25, -0.2) is 4.39 Å². The first-order chi connectivity index (χ1) is 9.72. The molecule has 2 N–H and O–H groups in total. The maximum atomic E-state index is 13.2. The highest BCUT2D eigenvalue weighted by Gasteiger charge is 2.09. The van der Waals surface area contributed by atoms with Gasteiger partial charge in [0.15, 0.2) is 0 Å². The summed E-state index contributed by atoms with van der Waals surface area (Å²) in [5, 5.41) is 4.43. The number of anilines is 1. The number of halogens is 1. The third-order valence-electron chi connectivity index (χ3n) is 2.96.